The molecule has 10 heteroatoms. The molecule has 2 atom stereocenters. The van der Waals surface area contributed by atoms with Gasteiger partial charge >= 0.3 is 6.09 Å². The monoisotopic (exact) mass is 537 g/mol. The minimum Gasteiger partial charge on any atom is -0.508 e. The third-order valence-electron chi connectivity index (χ3n) is 5.08. The van der Waals surface area contributed by atoms with Gasteiger partial charge in [0.25, 0.3) is 0 Å². The summed E-state index contributed by atoms with van der Waals surface area (Å²) in [6.07, 6.45) is 0.662. The van der Waals surface area contributed by atoms with Crippen LogP contribution in [0.3, 0.4) is 0 Å². The van der Waals surface area contributed by atoms with Crippen LogP contribution in [0.5, 0.6) is 5.75 Å². The van der Waals surface area contributed by atoms with E-state index in [0.717, 1.165) is 12.8 Å². The molecule has 0 heterocycles. The van der Waals surface area contributed by atoms with E-state index in [0.29, 0.717) is 12.1 Å². The van der Waals surface area contributed by atoms with Crippen LogP contribution in [-0.4, -0.2) is 47.2 Å². The molecular formula is C26H33Cl2N3O5. The first-order valence-corrected chi connectivity index (χ1v) is 12.4. The largest absolute Gasteiger partial charge is 0.508 e. The van der Waals surface area contributed by atoms with Crippen molar-refractivity contribution in [1.82, 2.24) is 16.0 Å². The molecule has 4 N–H and O–H groups in total. The maximum absolute atomic E-state index is 13.1. The van der Waals surface area contributed by atoms with Crippen molar-refractivity contribution in [2.45, 2.75) is 64.6 Å². The Morgan fingerprint density at radius 2 is 1.61 bits per heavy atom. The highest BCUT2D eigenvalue weighted by Gasteiger charge is 2.28. The van der Waals surface area contributed by atoms with E-state index >= 15 is 0 Å². The van der Waals surface area contributed by atoms with Gasteiger partial charge in [-0.2, -0.15) is 0 Å². The van der Waals surface area contributed by atoms with Crippen LogP contribution in [0.25, 0.3) is 0 Å². The summed E-state index contributed by atoms with van der Waals surface area (Å²) in [7, 11) is 0. The van der Waals surface area contributed by atoms with Crippen LogP contribution in [0, 0.1) is 0 Å². The molecular weight excluding hydrogens is 505 g/mol. The molecule has 0 bridgehead atoms. The van der Waals surface area contributed by atoms with Crippen molar-refractivity contribution in [3.63, 3.8) is 0 Å². The Hall–Kier alpha value is -2.97. The third kappa shape index (κ3) is 9.95. The zero-order valence-corrected chi connectivity index (χ0v) is 22.4. The van der Waals surface area contributed by atoms with Crippen LogP contribution in [0.1, 0.15) is 45.2 Å². The summed E-state index contributed by atoms with van der Waals surface area (Å²) < 4.78 is 5.27. The molecule has 2 aromatic carbocycles. The standard InChI is InChI=1S/C26H33Cl2N3O5/c1-16(23(33)29-12-8-11-17-9-6-5-7-10-17)30-24(34)22(31-25(35)36-26(2,3)4)15-19-20(27)13-18(32)14-21(19)28/h5-7,9-10,13-14,16,22,32H,8,11-12,15H2,1-4H3,(H,29,33)(H,30,34)(H,31,35)/t16-,22?/m1/s1. The van der Waals surface area contributed by atoms with Crippen molar-refractivity contribution in [3.05, 3.63) is 63.6 Å². The SMILES string of the molecule is C[C@@H](NC(=O)C(Cc1c(Cl)cc(O)cc1Cl)NC(=O)OC(C)(C)C)C(=O)NCCCc1ccccc1. The second-order valence-corrected chi connectivity index (χ2v) is 10.2. The van der Waals surface area contributed by atoms with E-state index in [-0.39, 0.29) is 28.1 Å². The number of aromatic hydroxyl groups is 1. The van der Waals surface area contributed by atoms with Crippen LogP contribution in [0.4, 0.5) is 4.79 Å². The lowest BCUT2D eigenvalue weighted by Gasteiger charge is -2.25. The van der Waals surface area contributed by atoms with E-state index in [2.05, 4.69) is 16.0 Å². The minimum absolute atomic E-state index is 0.0889. The molecule has 0 radical (unpaired) electrons. The van der Waals surface area contributed by atoms with Crippen LogP contribution in [0.2, 0.25) is 10.0 Å². The number of nitrogens with one attached hydrogen (secondary N) is 3. The van der Waals surface area contributed by atoms with Crippen molar-refractivity contribution in [2.24, 2.45) is 0 Å². The van der Waals surface area contributed by atoms with Crippen molar-refractivity contribution >= 4 is 41.1 Å². The van der Waals surface area contributed by atoms with Gasteiger partial charge in [0, 0.05) is 23.0 Å². The molecule has 8 nitrogen and oxygen atoms in total. The first kappa shape index (κ1) is 29.3. The van der Waals surface area contributed by atoms with E-state index in [9.17, 15) is 19.5 Å². The van der Waals surface area contributed by atoms with Gasteiger partial charge in [-0.15, -0.1) is 0 Å². The zero-order valence-electron chi connectivity index (χ0n) is 20.9. The normalized spacial score (nSPS) is 12.8. The summed E-state index contributed by atoms with van der Waals surface area (Å²) in [6, 6.07) is 10.5. The molecule has 36 heavy (non-hydrogen) atoms. The molecule has 0 aliphatic rings. The maximum Gasteiger partial charge on any atom is 0.408 e. The van der Waals surface area contributed by atoms with Gasteiger partial charge in [-0.1, -0.05) is 53.5 Å². The molecule has 0 fully saturated rings. The number of rotatable bonds is 10. The summed E-state index contributed by atoms with van der Waals surface area (Å²) in [6.45, 7) is 7.08. The fourth-order valence-electron chi connectivity index (χ4n) is 3.33. The fourth-order valence-corrected chi connectivity index (χ4v) is 3.96. The van der Waals surface area contributed by atoms with Crippen LogP contribution < -0.4 is 16.0 Å². The lowest BCUT2D eigenvalue weighted by molar-refractivity contribution is -0.129. The summed E-state index contributed by atoms with van der Waals surface area (Å²) >= 11 is 12.4. The molecule has 2 rings (SSSR count). The number of alkyl carbamates (subject to hydrolysis) is 1. The Labute approximate surface area is 221 Å². The van der Waals surface area contributed by atoms with Crippen molar-refractivity contribution in [2.75, 3.05) is 6.54 Å². The van der Waals surface area contributed by atoms with Gasteiger partial charge in [0.1, 0.15) is 23.4 Å². The Morgan fingerprint density at radius 1 is 1.00 bits per heavy atom. The smallest absolute Gasteiger partial charge is 0.408 e. The lowest BCUT2D eigenvalue weighted by Crippen LogP contribution is -2.54. The molecule has 0 saturated carbocycles. The van der Waals surface area contributed by atoms with Crippen LogP contribution in [0.15, 0.2) is 42.5 Å². The summed E-state index contributed by atoms with van der Waals surface area (Å²) in [5.74, 6) is -1.10. The third-order valence-corrected chi connectivity index (χ3v) is 5.75. The topological polar surface area (TPSA) is 117 Å². The van der Waals surface area contributed by atoms with Gasteiger partial charge in [-0.25, -0.2) is 4.79 Å². The fraction of sp³-hybridized carbons (Fsp3) is 0.423. The lowest BCUT2D eigenvalue weighted by atomic mass is 10.0. The van der Waals surface area contributed by atoms with Gasteiger partial charge < -0.3 is 25.8 Å². The van der Waals surface area contributed by atoms with E-state index in [4.69, 9.17) is 27.9 Å². The van der Waals surface area contributed by atoms with Crippen LogP contribution >= 0.6 is 23.2 Å². The first-order valence-electron chi connectivity index (χ1n) is 11.6. The molecule has 2 aromatic rings. The number of carbonyl (C=O) groups excluding carboxylic acids is 3. The number of phenols is 1. The van der Waals surface area contributed by atoms with Gasteiger partial charge in [-0.3, -0.25) is 9.59 Å². The van der Waals surface area contributed by atoms with Gasteiger partial charge in [0.15, 0.2) is 0 Å². The predicted molar refractivity (Wildman–Crippen MR) is 140 cm³/mol. The predicted octanol–water partition coefficient (Wildman–Crippen LogP) is 4.39. The number of halogens is 2. The molecule has 0 aromatic heterocycles. The number of hydrogen-bond donors (Lipinski definition) is 4. The Kier molecular flexibility index (Phi) is 10.9. The Balaban J connectivity index is 2.02. The van der Waals surface area contributed by atoms with Gasteiger partial charge in [0.2, 0.25) is 11.8 Å². The number of phenolic OH excluding ortho intramolecular Hbond substituents is 1. The Morgan fingerprint density at radius 3 is 2.19 bits per heavy atom. The van der Waals surface area contributed by atoms with E-state index < -0.39 is 29.7 Å². The molecule has 0 spiro atoms. The second-order valence-electron chi connectivity index (χ2n) is 9.40. The molecule has 0 saturated heterocycles. The summed E-state index contributed by atoms with van der Waals surface area (Å²) in [5.41, 5.74) is 0.743. The first-order chi connectivity index (χ1) is 16.9. The number of amides is 3. The number of benzene rings is 2. The highest BCUT2D eigenvalue weighted by atomic mass is 35.5. The maximum atomic E-state index is 13.1. The number of ether oxygens (including phenoxy) is 1. The van der Waals surface area contributed by atoms with Crippen molar-refractivity contribution in [3.8, 4) is 5.75 Å². The molecule has 3 amide bonds. The number of aryl methyl sites for hydroxylation is 1. The summed E-state index contributed by atoms with van der Waals surface area (Å²) in [4.78, 5) is 38.0. The minimum atomic E-state index is -1.15. The van der Waals surface area contributed by atoms with Gasteiger partial charge in [0.05, 0.1) is 0 Å². The second kappa shape index (κ2) is 13.4. The van der Waals surface area contributed by atoms with E-state index in [1.165, 1.54) is 17.7 Å². The molecule has 0 aliphatic heterocycles. The average Bonchev–Trinajstić information content (AvgIpc) is 2.77. The zero-order chi connectivity index (χ0) is 26.9. The highest BCUT2D eigenvalue weighted by Crippen LogP contribution is 2.30. The van der Waals surface area contributed by atoms with E-state index in [1.54, 1.807) is 27.7 Å². The average molecular weight is 538 g/mol. The number of carbonyl (C=O) groups is 3. The molecule has 1 unspecified atom stereocenters. The Bertz CT molecular complexity index is 1030. The highest BCUT2D eigenvalue weighted by molar-refractivity contribution is 6.36. The quantitative estimate of drug-likeness (QED) is 0.335. The molecule has 0 aliphatic carbocycles. The summed E-state index contributed by atoms with van der Waals surface area (Å²) in [5, 5.41) is 17.9. The van der Waals surface area contributed by atoms with Crippen molar-refractivity contribution < 1.29 is 24.2 Å². The van der Waals surface area contributed by atoms with Gasteiger partial charge in [-0.05, 0) is 63.8 Å². The number of hydrogen-bond acceptors (Lipinski definition) is 5. The van der Waals surface area contributed by atoms with Crippen LogP contribution in [-0.2, 0) is 27.2 Å². The van der Waals surface area contributed by atoms with Crippen molar-refractivity contribution in [1.29, 1.82) is 0 Å². The molecule has 196 valence electrons. The van der Waals surface area contributed by atoms with E-state index in [1.807, 2.05) is 30.3 Å².